The van der Waals surface area contributed by atoms with Crippen molar-refractivity contribution in [2.24, 2.45) is 0 Å². The molecule has 114 valence electrons. The first-order chi connectivity index (χ1) is 10.1. The van der Waals surface area contributed by atoms with Gasteiger partial charge in [0.1, 0.15) is 12.1 Å². The number of aliphatic hydroxyl groups is 3. The number of tetrazole rings is 1. The fourth-order valence-electron chi connectivity index (χ4n) is 1.55. The van der Waals surface area contributed by atoms with Crippen LogP contribution >= 0.6 is 11.3 Å². The first kappa shape index (κ1) is 15.5. The molecule has 0 spiro atoms. The molecule has 2 aromatic rings. The van der Waals surface area contributed by atoms with Crippen LogP contribution in [-0.2, 0) is 11.3 Å². The Bertz CT molecular complexity index is 573. The molecule has 1 amide bonds. The molecule has 10 heteroatoms. The summed E-state index contributed by atoms with van der Waals surface area (Å²) in [6.07, 6.45) is 0. The standard InChI is InChI=1S/C11H15N5O4S/c17-5-11(6-18,7-19)12-9(20)4-16-14-10(13-15-16)8-2-1-3-21-8/h1-3,17-19H,4-7H2,(H,12,20). The van der Waals surface area contributed by atoms with Crippen LogP contribution in [0, 0.1) is 0 Å². The third-order valence-corrected chi connectivity index (χ3v) is 3.66. The van der Waals surface area contributed by atoms with E-state index in [0.29, 0.717) is 5.82 Å². The number of hydrogen-bond donors (Lipinski definition) is 4. The average molecular weight is 313 g/mol. The minimum atomic E-state index is -1.46. The highest BCUT2D eigenvalue weighted by atomic mass is 32.1. The average Bonchev–Trinajstić information content (AvgIpc) is 3.15. The number of rotatable bonds is 7. The highest BCUT2D eigenvalue weighted by molar-refractivity contribution is 7.13. The molecule has 21 heavy (non-hydrogen) atoms. The second-order valence-electron chi connectivity index (χ2n) is 4.42. The zero-order valence-corrected chi connectivity index (χ0v) is 11.8. The van der Waals surface area contributed by atoms with Gasteiger partial charge < -0.3 is 20.6 Å². The number of thiophene rings is 1. The van der Waals surface area contributed by atoms with Gasteiger partial charge in [-0.3, -0.25) is 4.79 Å². The number of nitrogens with zero attached hydrogens (tertiary/aromatic N) is 4. The zero-order chi connectivity index (χ0) is 15.3. The molecule has 0 aliphatic rings. The molecule has 0 fully saturated rings. The summed E-state index contributed by atoms with van der Waals surface area (Å²) >= 11 is 1.45. The molecule has 4 N–H and O–H groups in total. The van der Waals surface area contributed by atoms with Crippen molar-refractivity contribution < 1.29 is 20.1 Å². The van der Waals surface area contributed by atoms with E-state index in [2.05, 4.69) is 20.7 Å². The molecule has 0 bridgehead atoms. The molecule has 0 radical (unpaired) electrons. The second kappa shape index (κ2) is 6.72. The fraction of sp³-hybridized carbons (Fsp3) is 0.455. The Morgan fingerprint density at radius 3 is 2.62 bits per heavy atom. The van der Waals surface area contributed by atoms with E-state index in [1.54, 1.807) is 0 Å². The van der Waals surface area contributed by atoms with E-state index in [4.69, 9.17) is 15.3 Å². The summed E-state index contributed by atoms with van der Waals surface area (Å²) in [6.45, 7) is -2.00. The van der Waals surface area contributed by atoms with Gasteiger partial charge in [-0.25, -0.2) is 0 Å². The maximum absolute atomic E-state index is 11.8. The molecule has 9 nitrogen and oxygen atoms in total. The van der Waals surface area contributed by atoms with Gasteiger partial charge in [0.2, 0.25) is 11.7 Å². The molecule has 0 aliphatic carbocycles. The maximum Gasteiger partial charge on any atom is 0.244 e. The topological polar surface area (TPSA) is 133 Å². The molecular weight excluding hydrogens is 298 g/mol. The largest absolute Gasteiger partial charge is 0.394 e. The minimum Gasteiger partial charge on any atom is -0.394 e. The summed E-state index contributed by atoms with van der Waals surface area (Å²) < 4.78 is 0. The highest BCUT2D eigenvalue weighted by Crippen LogP contribution is 2.19. The molecule has 0 aliphatic heterocycles. The Labute approximate surface area is 123 Å². The summed E-state index contributed by atoms with van der Waals surface area (Å²) in [6, 6.07) is 3.69. The van der Waals surface area contributed by atoms with Crippen molar-refractivity contribution in [2.45, 2.75) is 12.1 Å². The Morgan fingerprint density at radius 2 is 2.05 bits per heavy atom. The number of carbonyl (C=O) groups is 1. The predicted octanol–water partition coefficient (Wildman–Crippen LogP) is -1.77. The molecular formula is C11H15N5O4S. The van der Waals surface area contributed by atoms with Crippen LogP contribution in [0.1, 0.15) is 0 Å². The molecule has 2 rings (SSSR count). The summed E-state index contributed by atoms with van der Waals surface area (Å²) in [5.74, 6) is -0.141. The number of aliphatic hydroxyl groups excluding tert-OH is 3. The van der Waals surface area contributed by atoms with Crippen LogP contribution in [0.15, 0.2) is 17.5 Å². The van der Waals surface area contributed by atoms with Crippen molar-refractivity contribution in [1.29, 1.82) is 0 Å². The Balaban J connectivity index is 2.00. The minimum absolute atomic E-state index is 0.236. The van der Waals surface area contributed by atoms with Gasteiger partial charge in [0.05, 0.1) is 24.7 Å². The van der Waals surface area contributed by atoms with Gasteiger partial charge in [-0.1, -0.05) is 6.07 Å². The molecule has 0 unspecified atom stereocenters. The van der Waals surface area contributed by atoms with Gasteiger partial charge in [-0.15, -0.1) is 21.5 Å². The third kappa shape index (κ3) is 3.61. The first-order valence-electron chi connectivity index (χ1n) is 6.08. The van der Waals surface area contributed by atoms with Crippen molar-refractivity contribution >= 4 is 17.2 Å². The smallest absolute Gasteiger partial charge is 0.244 e. The molecule has 0 saturated carbocycles. The molecule has 2 heterocycles. The van der Waals surface area contributed by atoms with Crippen LogP contribution in [0.4, 0.5) is 0 Å². The molecule has 0 saturated heterocycles. The lowest BCUT2D eigenvalue weighted by molar-refractivity contribution is -0.126. The number of nitrogens with one attached hydrogen (secondary N) is 1. The summed E-state index contributed by atoms with van der Waals surface area (Å²) in [5.41, 5.74) is -1.46. The number of hydrogen-bond acceptors (Lipinski definition) is 8. The van der Waals surface area contributed by atoms with Gasteiger partial charge in [0, 0.05) is 0 Å². The van der Waals surface area contributed by atoms with Crippen LogP contribution < -0.4 is 5.32 Å². The summed E-state index contributed by atoms with van der Waals surface area (Å²) in [5, 5.41) is 43.3. The lowest BCUT2D eigenvalue weighted by Crippen LogP contribution is -2.57. The van der Waals surface area contributed by atoms with Crippen molar-refractivity contribution in [3.8, 4) is 10.7 Å². The third-order valence-electron chi connectivity index (χ3n) is 2.79. The second-order valence-corrected chi connectivity index (χ2v) is 5.37. The summed E-state index contributed by atoms with van der Waals surface area (Å²) in [7, 11) is 0. The Morgan fingerprint density at radius 1 is 1.33 bits per heavy atom. The molecule has 2 aromatic heterocycles. The van der Waals surface area contributed by atoms with E-state index in [9.17, 15) is 4.79 Å². The van der Waals surface area contributed by atoms with Crippen molar-refractivity contribution in [3.63, 3.8) is 0 Å². The monoisotopic (exact) mass is 313 g/mol. The van der Waals surface area contributed by atoms with Gasteiger partial charge in [0.25, 0.3) is 0 Å². The van der Waals surface area contributed by atoms with E-state index >= 15 is 0 Å². The highest BCUT2D eigenvalue weighted by Gasteiger charge is 2.30. The van der Waals surface area contributed by atoms with Gasteiger partial charge in [-0.05, 0) is 16.7 Å². The molecule has 0 aromatic carbocycles. The lowest BCUT2D eigenvalue weighted by Gasteiger charge is -2.28. The van der Waals surface area contributed by atoms with E-state index in [1.807, 2.05) is 17.5 Å². The normalized spacial score (nSPS) is 11.6. The lowest BCUT2D eigenvalue weighted by atomic mass is 10.0. The number of amides is 1. The Kier molecular flexibility index (Phi) is 4.96. The fourth-order valence-corrected chi connectivity index (χ4v) is 2.19. The van der Waals surface area contributed by atoms with Gasteiger partial charge >= 0.3 is 0 Å². The SMILES string of the molecule is O=C(Cn1nnc(-c2cccs2)n1)NC(CO)(CO)CO. The van der Waals surface area contributed by atoms with Crippen LogP contribution in [0.2, 0.25) is 0 Å². The van der Waals surface area contributed by atoms with Crippen LogP contribution in [0.25, 0.3) is 10.7 Å². The quantitative estimate of drug-likeness (QED) is 0.475. The van der Waals surface area contributed by atoms with Crippen molar-refractivity contribution in [2.75, 3.05) is 19.8 Å². The van der Waals surface area contributed by atoms with E-state index in [1.165, 1.54) is 11.3 Å². The predicted molar refractivity (Wildman–Crippen MR) is 73.3 cm³/mol. The van der Waals surface area contributed by atoms with Crippen molar-refractivity contribution in [3.05, 3.63) is 17.5 Å². The number of carbonyl (C=O) groups excluding carboxylic acids is 1. The van der Waals surface area contributed by atoms with Crippen LogP contribution in [-0.4, -0.2) is 66.8 Å². The Hall–Kier alpha value is -1.88. The summed E-state index contributed by atoms with van der Waals surface area (Å²) in [4.78, 5) is 13.8. The number of aromatic nitrogens is 4. The zero-order valence-electron chi connectivity index (χ0n) is 11.0. The van der Waals surface area contributed by atoms with Crippen LogP contribution in [0.3, 0.4) is 0 Å². The molecule has 0 atom stereocenters. The van der Waals surface area contributed by atoms with Gasteiger partial charge in [-0.2, -0.15) is 4.80 Å². The van der Waals surface area contributed by atoms with E-state index < -0.39 is 31.3 Å². The first-order valence-corrected chi connectivity index (χ1v) is 6.96. The van der Waals surface area contributed by atoms with Crippen LogP contribution in [0.5, 0.6) is 0 Å². The van der Waals surface area contributed by atoms with Crippen molar-refractivity contribution in [1.82, 2.24) is 25.5 Å². The van der Waals surface area contributed by atoms with E-state index in [0.717, 1.165) is 9.67 Å². The van der Waals surface area contributed by atoms with E-state index in [-0.39, 0.29) is 6.54 Å². The van der Waals surface area contributed by atoms with Gasteiger partial charge in [0.15, 0.2) is 0 Å². The maximum atomic E-state index is 11.8.